The summed E-state index contributed by atoms with van der Waals surface area (Å²) in [7, 11) is 0. The fourth-order valence-electron chi connectivity index (χ4n) is 2.56. The molecule has 2 N–H and O–H groups in total. The number of phenolic OH excluding ortho intramolecular Hbond substituents is 1. The highest BCUT2D eigenvalue weighted by molar-refractivity contribution is 5.80. The molecule has 0 bridgehead atoms. The minimum Gasteiger partial charge on any atom is -0.508 e. The van der Waals surface area contributed by atoms with Crippen molar-refractivity contribution in [2.45, 2.75) is 38.7 Å². The summed E-state index contributed by atoms with van der Waals surface area (Å²) in [6, 6.07) is 6.36. The summed E-state index contributed by atoms with van der Waals surface area (Å²) in [5, 5.41) is 12.1. The zero-order chi connectivity index (χ0) is 15.8. The maximum absolute atomic E-state index is 12.0. The fourth-order valence-corrected chi connectivity index (χ4v) is 2.56. The molecule has 1 unspecified atom stereocenters. The lowest BCUT2D eigenvalue weighted by Crippen LogP contribution is -2.37. The van der Waals surface area contributed by atoms with Gasteiger partial charge in [-0.15, -0.1) is 0 Å². The van der Waals surface area contributed by atoms with Crippen molar-refractivity contribution in [3.8, 4) is 11.5 Å². The molecule has 0 aromatic heterocycles. The van der Waals surface area contributed by atoms with Crippen LogP contribution in [0.15, 0.2) is 24.3 Å². The van der Waals surface area contributed by atoms with Crippen LogP contribution < -0.4 is 10.1 Å². The molecular weight excluding hydrogens is 282 g/mol. The van der Waals surface area contributed by atoms with Crippen LogP contribution in [0.5, 0.6) is 11.5 Å². The Labute approximate surface area is 131 Å². The van der Waals surface area contributed by atoms with Gasteiger partial charge in [-0.1, -0.05) is 0 Å². The van der Waals surface area contributed by atoms with Crippen LogP contribution in [0.1, 0.15) is 32.6 Å². The third-order valence-electron chi connectivity index (χ3n) is 3.95. The van der Waals surface area contributed by atoms with Crippen LogP contribution in [0.4, 0.5) is 0 Å². The molecule has 2 rings (SSSR count). The maximum atomic E-state index is 12.0. The second kappa shape index (κ2) is 8.63. The summed E-state index contributed by atoms with van der Waals surface area (Å²) in [4.78, 5) is 12.0. The van der Waals surface area contributed by atoms with Gasteiger partial charge in [-0.25, -0.2) is 0 Å². The van der Waals surface area contributed by atoms with Crippen LogP contribution in [0.25, 0.3) is 0 Å². The standard InChI is InChI=1S/C17H25NO4/c1-13(22-16-6-4-15(19)5-7-16)17(20)18-10-2-3-14-8-11-21-12-9-14/h4-7,13-14,19H,2-3,8-12H2,1H3,(H,18,20). The van der Waals surface area contributed by atoms with E-state index in [0.29, 0.717) is 12.3 Å². The molecule has 1 aliphatic heterocycles. The number of ether oxygens (including phenoxy) is 2. The van der Waals surface area contributed by atoms with E-state index in [1.165, 1.54) is 12.1 Å². The number of nitrogens with one attached hydrogen (secondary N) is 1. The van der Waals surface area contributed by atoms with Gasteiger partial charge < -0.3 is 19.9 Å². The van der Waals surface area contributed by atoms with Gasteiger partial charge in [-0.3, -0.25) is 4.79 Å². The molecule has 1 fully saturated rings. The number of aromatic hydroxyl groups is 1. The number of hydrogen-bond donors (Lipinski definition) is 2. The van der Waals surface area contributed by atoms with Crippen molar-refractivity contribution < 1.29 is 19.4 Å². The van der Waals surface area contributed by atoms with Gasteiger partial charge >= 0.3 is 0 Å². The van der Waals surface area contributed by atoms with Crippen LogP contribution in [-0.2, 0) is 9.53 Å². The number of amides is 1. The molecule has 1 aromatic carbocycles. The van der Waals surface area contributed by atoms with E-state index in [1.807, 2.05) is 0 Å². The number of benzene rings is 1. The Balaban J connectivity index is 1.62. The van der Waals surface area contributed by atoms with E-state index in [0.717, 1.165) is 44.8 Å². The molecule has 0 aliphatic carbocycles. The summed E-state index contributed by atoms with van der Waals surface area (Å²) < 4.78 is 10.9. The highest BCUT2D eigenvalue weighted by Gasteiger charge is 2.16. The predicted molar refractivity (Wildman–Crippen MR) is 84.0 cm³/mol. The van der Waals surface area contributed by atoms with Crippen LogP contribution in [-0.4, -0.2) is 36.9 Å². The first kappa shape index (κ1) is 16.6. The Morgan fingerprint density at radius 3 is 2.73 bits per heavy atom. The molecule has 1 atom stereocenters. The van der Waals surface area contributed by atoms with Crippen molar-refractivity contribution in [3.63, 3.8) is 0 Å². The van der Waals surface area contributed by atoms with Crippen molar-refractivity contribution in [1.82, 2.24) is 5.32 Å². The summed E-state index contributed by atoms with van der Waals surface area (Å²) in [6.07, 6.45) is 3.84. The Bertz CT molecular complexity index is 454. The lowest BCUT2D eigenvalue weighted by Gasteiger charge is -2.22. The van der Waals surface area contributed by atoms with Crippen molar-refractivity contribution >= 4 is 5.91 Å². The molecule has 22 heavy (non-hydrogen) atoms. The number of carbonyl (C=O) groups excluding carboxylic acids is 1. The van der Waals surface area contributed by atoms with Gasteiger partial charge in [0, 0.05) is 19.8 Å². The van der Waals surface area contributed by atoms with E-state index in [1.54, 1.807) is 19.1 Å². The summed E-state index contributed by atoms with van der Waals surface area (Å²) in [5.41, 5.74) is 0. The first-order valence-electron chi connectivity index (χ1n) is 7.96. The van der Waals surface area contributed by atoms with Gasteiger partial charge in [0.25, 0.3) is 5.91 Å². The van der Waals surface area contributed by atoms with E-state index < -0.39 is 6.10 Å². The second-order valence-corrected chi connectivity index (χ2v) is 5.74. The molecule has 1 saturated heterocycles. The second-order valence-electron chi connectivity index (χ2n) is 5.74. The van der Waals surface area contributed by atoms with E-state index in [2.05, 4.69) is 5.32 Å². The molecule has 0 radical (unpaired) electrons. The van der Waals surface area contributed by atoms with Crippen molar-refractivity contribution in [2.75, 3.05) is 19.8 Å². The van der Waals surface area contributed by atoms with Crippen LogP contribution in [0, 0.1) is 5.92 Å². The molecule has 1 aromatic rings. The normalized spacial score (nSPS) is 17.0. The van der Waals surface area contributed by atoms with Crippen molar-refractivity contribution in [1.29, 1.82) is 0 Å². The zero-order valence-corrected chi connectivity index (χ0v) is 13.1. The first-order valence-corrected chi connectivity index (χ1v) is 7.96. The van der Waals surface area contributed by atoms with Crippen LogP contribution in [0.3, 0.4) is 0 Å². The van der Waals surface area contributed by atoms with Gasteiger partial charge in [0.15, 0.2) is 6.10 Å². The third-order valence-corrected chi connectivity index (χ3v) is 3.95. The third kappa shape index (κ3) is 5.56. The minimum absolute atomic E-state index is 0.111. The smallest absolute Gasteiger partial charge is 0.260 e. The molecule has 5 nitrogen and oxygen atoms in total. The Kier molecular flexibility index (Phi) is 6.52. The van der Waals surface area contributed by atoms with E-state index in [-0.39, 0.29) is 11.7 Å². The predicted octanol–water partition coefficient (Wildman–Crippen LogP) is 2.48. The molecule has 0 spiro atoms. The largest absolute Gasteiger partial charge is 0.508 e. The van der Waals surface area contributed by atoms with Gasteiger partial charge in [0.2, 0.25) is 0 Å². The van der Waals surface area contributed by atoms with Crippen LogP contribution >= 0.6 is 0 Å². The van der Waals surface area contributed by atoms with Crippen molar-refractivity contribution in [3.05, 3.63) is 24.3 Å². The average Bonchev–Trinajstić information content (AvgIpc) is 2.54. The van der Waals surface area contributed by atoms with Gasteiger partial charge in [-0.05, 0) is 62.8 Å². The van der Waals surface area contributed by atoms with E-state index in [9.17, 15) is 9.90 Å². The highest BCUT2D eigenvalue weighted by atomic mass is 16.5. The van der Waals surface area contributed by atoms with Gasteiger partial charge in [0.1, 0.15) is 11.5 Å². The maximum Gasteiger partial charge on any atom is 0.260 e. The quantitative estimate of drug-likeness (QED) is 0.759. The Morgan fingerprint density at radius 2 is 2.05 bits per heavy atom. The Hall–Kier alpha value is -1.75. The number of hydrogen-bond acceptors (Lipinski definition) is 4. The van der Waals surface area contributed by atoms with Crippen LogP contribution in [0.2, 0.25) is 0 Å². The fraction of sp³-hybridized carbons (Fsp3) is 0.588. The molecule has 122 valence electrons. The number of rotatable bonds is 7. The first-order chi connectivity index (χ1) is 10.6. The summed E-state index contributed by atoms with van der Waals surface area (Å²) >= 11 is 0. The zero-order valence-electron chi connectivity index (χ0n) is 13.1. The topological polar surface area (TPSA) is 67.8 Å². The average molecular weight is 307 g/mol. The molecular formula is C17H25NO4. The molecule has 1 aliphatic rings. The van der Waals surface area contributed by atoms with E-state index in [4.69, 9.17) is 9.47 Å². The highest BCUT2D eigenvalue weighted by Crippen LogP contribution is 2.19. The summed E-state index contributed by atoms with van der Waals surface area (Å²) in [5.74, 6) is 1.37. The summed E-state index contributed by atoms with van der Waals surface area (Å²) in [6.45, 7) is 4.14. The molecule has 1 amide bonds. The molecule has 1 heterocycles. The molecule has 5 heteroatoms. The van der Waals surface area contributed by atoms with E-state index >= 15 is 0 Å². The minimum atomic E-state index is -0.548. The van der Waals surface area contributed by atoms with Crippen molar-refractivity contribution in [2.24, 2.45) is 5.92 Å². The lowest BCUT2D eigenvalue weighted by molar-refractivity contribution is -0.127. The number of carbonyl (C=O) groups is 1. The Morgan fingerprint density at radius 1 is 1.36 bits per heavy atom. The van der Waals surface area contributed by atoms with Gasteiger partial charge in [0.05, 0.1) is 0 Å². The SMILES string of the molecule is CC(Oc1ccc(O)cc1)C(=O)NCCCC1CCOCC1. The lowest BCUT2D eigenvalue weighted by atomic mass is 9.95. The number of phenols is 1. The van der Waals surface area contributed by atoms with Gasteiger partial charge in [-0.2, -0.15) is 0 Å². The molecule has 0 saturated carbocycles. The monoisotopic (exact) mass is 307 g/mol.